The molecule has 1 aliphatic rings. The van der Waals surface area contributed by atoms with Crippen LogP contribution in [0.15, 0.2) is 36.5 Å². The second kappa shape index (κ2) is 4.80. The van der Waals surface area contributed by atoms with Gasteiger partial charge in [0.05, 0.1) is 0 Å². The number of carbonyl (C=O) groups excluding carboxylic acids is 1. The maximum atomic E-state index is 12.3. The van der Waals surface area contributed by atoms with E-state index in [1.165, 1.54) is 16.9 Å². The summed E-state index contributed by atoms with van der Waals surface area (Å²) in [6.07, 6.45) is 2.35. The van der Waals surface area contributed by atoms with Gasteiger partial charge in [0.25, 0.3) is 0 Å². The fraction of sp³-hybridized carbons (Fsp3) is 0.214. The molecule has 1 aromatic heterocycles. The topological polar surface area (TPSA) is 75.4 Å². The Morgan fingerprint density at radius 1 is 1.25 bits per heavy atom. The number of benzene rings is 1. The molecule has 1 aromatic carbocycles. The molecule has 1 N–H and O–H groups in total. The maximum Gasteiger partial charge on any atom is 0.356 e. The highest BCUT2D eigenvalue weighted by atomic mass is 16.4. The summed E-state index contributed by atoms with van der Waals surface area (Å²) < 4.78 is 1.35. The van der Waals surface area contributed by atoms with E-state index >= 15 is 0 Å². The van der Waals surface area contributed by atoms with E-state index in [1.807, 2.05) is 24.3 Å². The summed E-state index contributed by atoms with van der Waals surface area (Å²) in [6, 6.07) is 9.18. The zero-order valence-corrected chi connectivity index (χ0v) is 10.7. The van der Waals surface area contributed by atoms with E-state index < -0.39 is 5.97 Å². The van der Waals surface area contributed by atoms with E-state index in [4.69, 9.17) is 5.11 Å². The molecule has 0 fully saturated rings. The second-order valence-electron chi connectivity index (χ2n) is 4.63. The fourth-order valence-electron chi connectivity index (χ4n) is 2.39. The SMILES string of the molecule is O=C(O)c1ccn(CC(=O)N2CCc3ccccc32)n1. The van der Waals surface area contributed by atoms with Crippen LogP contribution in [0.1, 0.15) is 16.1 Å². The van der Waals surface area contributed by atoms with E-state index in [0.717, 1.165) is 17.7 Å². The van der Waals surface area contributed by atoms with Crippen molar-refractivity contribution >= 4 is 17.6 Å². The van der Waals surface area contributed by atoms with Gasteiger partial charge in [-0.2, -0.15) is 5.10 Å². The number of hydrogen-bond acceptors (Lipinski definition) is 3. The van der Waals surface area contributed by atoms with Gasteiger partial charge < -0.3 is 10.0 Å². The van der Waals surface area contributed by atoms with Gasteiger partial charge in [0.15, 0.2) is 5.69 Å². The minimum absolute atomic E-state index is 0.0433. The Morgan fingerprint density at radius 2 is 2.05 bits per heavy atom. The third kappa shape index (κ3) is 2.16. The molecule has 0 atom stereocenters. The van der Waals surface area contributed by atoms with Crippen LogP contribution in [0.3, 0.4) is 0 Å². The number of carboxylic acids is 1. The molecule has 2 aromatic rings. The van der Waals surface area contributed by atoms with E-state index in [0.29, 0.717) is 6.54 Å². The average molecular weight is 271 g/mol. The van der Waals surface area contributed by atoms with Gasteiger partial charge in [-0.3, -0.25) is 9.48 Å². The number of hydrogen-bond donors (Lipinski definition) is 1. The van der Waals surface area contributed by atoms with Gasteiger partial charge in [0, 0.05) is 18.4 Å². The Labute approximate surface area is 115 Å². The van der Waals surface area contributed by atoms with E-state index in [2.05, 4.69) is 5.10 Å². The Hall–Kier alpha value is -2.63. The van der Waals surface area contributed by atoms with Crippen molar-refractivity contribution in [2.75, 3.05) is 11.4 Å². The van der Waals surface area contributed by atoms with Gasteiger partial charge in [-0.05, 0) is 24.1 Å². The normalized spacial score (nSPS) is 13.3. The van der Waals surface area contributed by atoms with Crippen LogP contribution in [0.25, 0.3) is 0 Å². The molecule has 0 spiro atoms. The molecule has 1 aliphatic heterocycles. The van der Waals surface area contributed by atoms with Crippen LogP contribution in [0.2, 0.25) is 0 Å². The van der Waals surface area contributed by atoms with Crippen molar-refractivity contribution in [2.24, 2.45) is 0 Å². The molecule has 0 unspecified atom stereocenters. The molecule has 0 bridgehead atoms. The number of aromatic nitrogens is 2. The van der Waals surface area contributed by atoms with E-state index in [1.54, 1.807) is 4.90 Å². The highest BCUT2D eigenvalue weighted by molar-refractivity contribution is 5.95. The average Bonchev–Trinajstić information content (AvgIpc) is 3.04. The molecule has 102 valence electrons. The zero-order valence-electron chi connectivity index (χ0n) is 10.7. The van der Waals surface area contributed by atoms with Crippen LogP contribution in [-0.2, 0) is 17.8 Å². The number of aromatic carboxylic acids is 1. The third-order valence-corrected chi connectivity index (χ3v) is 3.35. The van der Waals surface area contributed by atoms with Crippen molar-refractivity contribution in [1.82, 2.24) is 9.78 Å². The van der Waals surface area contributed by atoms with Crippen molar-refractivity contribution in [1.29, 1.82) is 0 Å². The maximum absolute atomic E-state index is 12.3. The van der Waals surface area contributed by atoms with Gasteiger partial charge in [-0.15, -0.1) is 0 Å². The first kappa shape index (κ1) is 12.4. The highest BCUT2D eigenvalue weighted by Crippen LogP contribution is 2.27. The minimum Gasteiger partial charge on any atom is -0.476 e. The minimum atomic E-state index is -1.09. The molecule has 0 saturated heterocycles. The Kier molecular flexibility index (Phi) is 2.98. The number of carboxylic acid groups (broad SMARTS) is 1. The van der Waals surface area contributed by atoms with Crippen molar-refractivity contribution in [2.45, 2.75) is 13.0 Å². The second-order valence-corrected chi connectivity index (χ2v) is 4.63. The zero-order chi connectivity index (χ0) is 14.1. The molecule has 6 nitrogen and oxygen atoms in total. The van der Waals surface area contributed by atoms with Crippen LogP contribution in [0, 0.1) is 0 Å². The van der Waals surface area contributed by atoms with Crippen LogP contribution in [-0.4, -0.2) is 33.3 Å². The lowest BCUT2D eigenvalue weighted by atomic mass is 10.2. The summed E-state index contributed by atoms with van der Waals surface area (Å²) in [4.78, 5) is 24.7. The summed E-state index contributed by atoms with van der Waals surface area (Å²) in [5.74, 6) is -1.18. The largest absolute Gasteiger partial charge is 0.476 e. The van der Waals surface area contributed by atoms with Gasteiger partial charge in [-0.25, -0.2) is 4.79 Å². The van der Waals surface area contributed by atoms with Crippen LogP contribution in [0.5, 0.6) is 0 Å². The predicted octanol–water partition coefficient (Wildman–Crippen LogP) is 1.17. The van der Waals surface area contributed by atoms with Gasteiger partial charge in [-0.1, -0.05) is 18.2 Å². The lowest BCUT2D eigenvalue weighted by Gasteiger charge is -2.17. The molecule has 6 heteroatoms. The molecule has 0 aliphatic carbocycles. The number of para-hydroxylation sites is 1. The van der Waals surface area contributed by atoms with Crippen molar-refractivity contribution in [3.8, 4) is 0 Å². The van der Waals surface area contributed by atoms with Gasteiger partial charge in [0.1, 0.15) is 6.54 Å². The number of fused-ring (bicyclic) bond motifs is 1. The first-order valence-corrected chi connectivity index (χ1v) is 6.30. The van der Waals surface area contributed by atoms with Crippen molar-refractivity contribution in [3.05, 3.63) is 47.8 Å². The summed E-state index contributed by atoms with van der Waals surface area (Å²) >= 11 is 0. The summed E-state index contributed by atoms with van der Waals surface area (Å²) in [6.45, 7) is 0.701. The third-order valence-electron chi connectivity index (χ3n) is 3.35. The quantitative estimate of drug-likeness (QED) is 0.909. The Morgan fingerprint density at radius 3 is 2.80 bits per heavy atom. The standard InChI is InChI=1S/C14H13N3O3/c18-13(9-16-7-6-11(15-16)14(19)20)17-8-5-10-3-1-2-4-12(10)17/h1-4,6-7H,5,8-9H2,(H,19,20). The lowest BCUT2D eigenvalue weighted by molar-refractivity contribution is -0.119. The van der Waals surface area contributed by atoms with Crippen molar-refractivity contribution in [3.63, 3.8) is 0 Å². The van der Waals surface area contributed by atoms with Gasteiger partial charge >= 0.3 is 5.97 Å². The molecule has 3 rings (SSSR count). The summed E-state index contributed by atoms with van der Waals surface area (Å²) in [5, 5.41) is 12.6. The molecule has 1 amide bonds. The van der Waals surface area contributed by atoms with Crippen LogP contribution in [0.4, 0.5) is 5.69 Å². The number of nitrogens with zero attached hydrogens (tertiary/aromatic N) is 3. The molecular weight excluding hydrogens is 258 g/mol. The number of carbonyl (C=O) groups is 2. The number of amides is 1. The predicted molar refractivity (Wildman–Crippen MR) is 71.7 cm³/mol. The van der Waals surface area contributed by atoms with E-state index in [9.17, 15) is 9.59 Å². The highest BCUT2D eigenvalue weighted by Gasteiger charge is 2.24. The van der Waals surface area contributed by atoms with Crippen molar-refractivity contribution < 1.29 is 14.7 Å². The first-order valence-electron chi connectivity index (χ1n) is 6.30. The first-order chi connectivity index (χ1) is 9.65. The monoisotopic (exact) mass is 271 g/mol. The number of anilines is 1. The number of rotatable bonds is 3. The molecular formula is C14H13N3O3. The smallest absolute Gasteiger partial charge is 0.356 e. The molecule has 20 heavy (non-hydrogen) atoms. The Balaban J connectivity index is 1.75. The van der Waals surface area contributed by atoms with Gasteiger partial charge in [0.2, 0.25) is 5.91 Å². The van der Waals surface area contributed by atoms with Crippen LogP contribution >= 0.6 is 0 Å². The molecule has 0 saturated carbocycles. The lowest BCUT2D eigenvalue weighted by Crippen LogP contribution is -2.32. The summed E-state index contributed by atoms with van der Waals surface area (Å²) in [7, 11) is 0. The Bertz CT molecular complexity index is 678. The van der Waals surface area contributed by atoms with E-state index in [-0.39, 0.29) is 18.1 Å². The molecule has 0 radical (unpaired) electrons. The fourth-order valence-corrected chi connectivity index (χ4v) is 2.39. The molecule has 2 heterocycles. The van der Waals surface area contributed by atoms with Crippen LogP contribution < -0.4 is 4.90 Å². The summed E-state index contributed by atoms with van der Waals surface area (Å²) in [5.41, 5.74) is 2.04.